The van der Waals surface area contributed by atoms with E-state index in [1.807, 2.05) is 13.8 Å². The van der Waals surface area contributed by atoms with E-state index in [0.717, 1.165) is 0 Å². The van der Waals surface area contributed by atoms with Crippen molar-refractivity contribution in [2.45, 2.75) is 39.2 Å². The van der Waals surface area contributed by atoms with E-state index in [9.17, 15) is 9.18 Å². The smallest absolute Gasteiger partial charge is 0.325 e. The van der Waals surface area contributed by atoms with Gasteiger partial charge in [-0.25, -0.2) is 4.39 Å². The molecule has 4 N–H and O–H groups in total. The van der Waals surface area contributed by atoms with E-state index < -0.39 is 11.5 Å². The highest BCUT2D eigenvalue weighted by atomic mass is 19.1. The van der Waals surface area contributed by atoms with Gasteiger partial charge in [0.1, 0.15) is 5.54 Å². The molecule has 0 aliphatic rings. The van der Waals surface area contributed by atoms with Gasteiger partial charge in [-0.1, -0.05) is 13.8 Å². The van der Waals surface area contributed by atoms with Crippen LogP contribution in [-0.4, -0.2) is 25.2 Å². The first-order valence-corrected chi connectivity index (χ1v) is 5.36. The molecule has 0 aromatic carbocycles. The lowest BCUT2D eigenvalue weighted by Crippen LogP contribution is -2.45. The molecule has 5 heteroatoms. The van der Waals surface area contributed by atoms with Gasteiger partial charge in [-0.05, 0) is 19.4 Å². The molecular weight excluding hydrogens is 211 g/mol. The molecule has 1 atom stereocenters. The Balaban J connectivity index is 0. The van der Waals surface area contributed by atoms with Gasteiger partial charge < -0.3 is 16.2 Å². The molecule has 0 radical (unpaired) electrons. The molecule has 0 bridgehead atoms. The zero-order chi connectivity index (χ0) is 13.2. The number of halogens is 1. The summed E-state index contributed by atoms with van der Waals surface area (Å²) in [6, 6.07) is 0. The standard InChI is InChI=1S/C9H17FN2O2.C2H6/c1-9(12,8(13)14-2)5-3-7(10)4-6-11;1-2/h4H,3,5-6,11-12H2,1-2H3;1-2H3/b7-4+;. The van der Waals surface area contributed by atoms with Crippen LogP contribution in [0.5, 0.6) is 0 Å². The van der Waals surface area contributed by atoms with Gasteiger partial charge in [0.25, 0.3) is 0 Å². The number of methoxy groups -OCH3 is 1. The van der Waals surface area contributed by atoms with Crippen molar-refractivity contribution in [3.8, 4) is 0 Å². The van der Waals surface area contributed by atoms with Crippen LogP contribution in [0.4, 0.5) is 4.39 Å². The summed E-state index contributed by atoms with van der Waals surface area (Å²) >= 11 is 0. The van der Waals surface area contributed by atoms with Crippen molar-refractivity contribution in [1.82, 2.24) is 0 Å². The maximum absolute atomic E-state index is 12.9. The SMILES string of the molecule is CC.COC(=O)C(C)(N)CC/C(F)=C\CN. The number of esters is 1. The average molecular weight is 234 g/mol. The predicted octanol–water partition coefficient (Wildman–Crippen LogP) is 1.50. The van der Waals surface area contributed by atoms with Crippen molar-refractivity contribution in [2.24, 2.45) is 11.5 Å². The number of allylic oxidation sites excluding steroid dienone is 1. The van der Waals surface area contributed by atoms with Crippen LogP contribution in [0.2, 0.25) is 0 Å². The van der Waals surface area contributed by atoms with E-state index in [2.05, 4.69) is 4.74 Å². The predicted molar refractivity (Wildman–Crippen MR) is 63.4 cm³/mol. The monoisotopic (exact) mass is 234 g/mol. The molecule has 0 aromatic rings. The summed E-state index contributed by atoms with van der Waals surface area (Å²) in [6.07, 6.45) is 1.55. The van der Waals surface area contributed by atoms with Crippen LogP contribution in [0.1, 0.15) is 33.6 Å². The summed E-state index contributed by atoms with van der Waals surface area (Å²) in [4.78, 5) is 11.1. The molecule has 0 fully saturated rings. The highest BCUT2D eigenvalue weighted by Gasteiger charge is 2.29. The fourth-order valence-electron chi connectivity index (χ4n) is 0.944. The van der Waals surface area contributed by atoms with Gasteiger partial charge in [-0.3, -0.25) is 4.79 Å². The first kappa shape index (κ1) is 17.5. The van der Waals surface area contributed by atoms with Crippen LogP contribution in [0.15, 0.2) is 11.9 Å². The van der Waals surface area contributed by atoms with Crippen molar-refractivity contribution in [1.29, 1.82) is 0 Å². The summed E-state index contributed by atoms with van der Waals surface area (Å²) in [7, 11) is 1.25. The van der Waals surface area contributed by atoms with Gasteiger partial charge in [-0.2, -0.15) is 0 Å². The third kappa shape index (κ3) is 7.36. The number of hydrogen-bond acceptors (Lipinski definition) is 4. The van der Waals surface area contributed by atoms with Crippen molar-refractivity contribution < 1.29 is 13.9 Å². The Bertz CT molecular complexity index is 228. The van der Waals surface area contributed by atoms with Crippen LogP contribution >= 0.6 is 0 Å². The average Bonchev–Trinajstić information content (AvgIpc) is 2.28. The Hall–Kier alpha value is -0.940. The number of nitrogens with two attached hydrogens (primary N) is 2. The molecule has 0 rings (SSSR count). The molecule has 0 aromatic heterocycles. The van der Waals surface area contributed by atoms with Crippen molar-refractivity contribution >= 4 is 5.97 Å². The molecular formula is C11H23FN2O2. The van der Waals surface area contributed by atoms with Gasteiger partial charge in [0, 0.05) is 13.0 Å². The van der Waals surface area contributed by atoms with Crippen molar-refractivity contribution in [2.75, 3.05) is 13.7 Å². The first-order chi connectivity index (χ1) is 7.44. The second-order valence-electron chi connectivity index (χ2n) is 3.30. The molecule has 16 heavy (non-hydrogen) atoms. The van der Waals surface area contributed by atoms with E-state index in [0.29, 0.717) is 0 Å². The van der Waals surface area contributed by atoms with Crippen LogP contribution in [0, 0.1) is 0 Å². The topological polar surface area (TPSA) is 78.3 Å². The van der Waals surface area contributed by atoms with E-state index in [1.165, 1.54) is 20.1 Å². The molecule has 0 aliphatic carbocycles. The van der Waals surface area contributed by atoms with E-state index >= 15 is 0 Å². The molecule has 0 saturated heterocycles. The molecule has 0 saturated carbocycles. The first-order valence-electron chi connectivity index (χ1n) is 5.36. The van der Waals surface area contributed by atoms with Crippen molar-refractivity contribution in [3.05, 3.63) is 11.9 Å². The summed E-state index contributed by atoms with van der Waals surface area (Å²) in [5.41, 5.74) is 9.59. The summed E-state index contributed by atoms with van der Waals surface area (Å²) in [6.45, 7) is 5.65. The highest BCUT2D eigenvalue weighted by Crippen LogP contribution is 2.15. The minimum Gasteiger partial charge on any atom is -0.468 e. The van der Waals surface area contributed by atoms with Gasteiger partial charge >= 0.3 is 5.97 Å². The normalized spacial score (nSPS) is 14.6. The lowest BCUT2D eigenvalue weighted by molar-refractivity contribution is -0.146. The van der Waals surface area contributed by atoms with Gasteiger partial charge in [-0.15, -0.1) is 0 Å². The quantitative estimate of drug-likeness (QED) is 0.706. The molecule has 4 nitrogen and oxygen atoms in total. The van der Waals surface area contributed by atoms with E-state index in [4.69, 9.17) is 11.5 Å². The summed E-state index contributed by atoms with van der Waals surface area (Å²) in [5.74, 6) is -0.897. The van der Waals surface area contributed by atoms with E-state index in [-0.39, 0.29) is 25.2 Å². The highest BCUT2D eigenvalue weighted by molar-refractivity contribution is 5.79. The number of hydrogen-bond donors (Lipinski definition) is 2. The molecule has 0 spiro atoms. The minimum absolute atomic E-state index is 0.0965. The zero-order valence-electron chi connectivity index (χ0n) is 10.5. The van der Waals surface area contributed by atoms with Crippen molar-refractivity contribution in [3.63, 3.8) is 0 Å². The Morgan fingerprint density at radius 2 is 2.00 bits per heavy atom. The number of carbonyl (C=O) groups is 1. The molecule has 96 valence electrons. The third-order valence-electron chi connectivity index (χ3n) is 1.87. The van der Waals surface area contributed by atoms with Gasteiger partial charge in [0.05, 0.1) is 12.9 Å². The molecule has 0 amide bonds. The maximum Gasteiger partial charge on any atom is 0.325 e. The lowest BCUT2D eigenvalue weighted by Gasteiger charge is -2.20. The second-order valence-corrected chi connectivity index (χ2v) is 3.30. The summed E-state index contributed by atoms with van der Waals surface area (Å²) < 4.78 is 17.4. The second kappa shape index (κ2) is 9.30. The number of ether oxygens (including phenoxy) is 1. The van der Waals surface area contributed by atoms with Gasteiger partial charge in [0.2, 0.25) is 0 Å². The lowest BCUT2D eigenvalue weighted by atomic mass is 9.97. The Morgan fingerprint density at radius 3 is 2.38 bits per heavy atom. The third-order valence-corrected chi connectivity index (χ3v) is 1.87. The molecule has 1 unspecified atom stereocenters. The Kier molecular flexibility index (Phi) is 10.1. The van der Waals surface area contributed by atoms with Crippen LogP contribution < -0.4 is 11.5 Å². The fourth-order valence-corrected chi connectivity index (χ4v) is 0.944. The fraction of sp³-hybridized carbons (Fsp3) is 0.727. The van der Waals surface area contributed by atoms with Crippen LogP contribution in [0.3, 0.4) is 0 Å². The number of carbonyl (C=O) groups excluding carboxylic acids is 1. The minimum atomic E-state index is -1.14. The van der Waals surface area contributed by atoms with E-state index in [1.54, 1.807) is 0 Å². The van der Waals surface area contributed by atoms with Crippen LogP contribution in [0.25, 0.3) is 0 Å². The zero-order valence-corrected chi connectivity index (χ0v) is 10.5. The maximum atomic E-state index is 12.9. The molecule has 0 heterocycles. The van der Waals surface area contributed by atoms with Gasteiger partial charge in [0.15, 0.2) is 0 Å². The number of rotatable bonds is 5. The summed E-state index contributed by atoms with van der Waals surface area (Å²) in [5, 5.41) is 0. The molecule has 0 aliphatic heterocycles. The Morgan fingerprint density at radius 1 is 1.50 bits per heavy atom. The Labute approximate surface area is 96.8 Å². The van der Waals surface area contributed by atoms with Crippen LogP contribution in [-0.2, 0) is 9.53 Å². The largest absolute Gasteiger partial charge is 0.468 e.